The third-order valence-corrected chi connectivity index (χ3v) is 1.38. The number of alkyl halides is 3. The summed E-state index contributed by atoms with van der Waals surface area (Å²) >= 11 is 0. The number of nitrogens with one attached hydrogen (secondary N) is 1. The molecule has 1 unspecified atom stereocenters. The molecule has 0 aliphatic carbocycles. The monoisotopic (exact) mass is 197 g/mol. The van der Waals surface area contributed by atoms with E-state index >= 15 is 0 Å². The van der Waals surface area contributed by atoms with Crippen LogP contribution in [-0.4, -0.2) is 25.6 Å². The summed E-state index contributed by atoms with van der Waals surface area (Å²) in [5, 5.41) is 2.86. The van der Waals surface area contributed by atoms with Crippen molar-refractivity contribution in [3.05, 3.63) is 12.7 Å². The highest BCUT2D eigenvalue weighted by Crippen LogP contribution is 2.15. The maximum Gasteiger partial charge on any atom is 0.522 e. The van der Waals surface area contributed by atoms with E-state index in [1.165, 1.54) is 0 Å². The summed E-state index contributed by atoms with van der Waals surface area (Å²) in [6, 6.07) is 0.134. The van der Waals surface area contributed by atoms with Crippen molar-refractivity contribution in [3.63, 3.8) is 0 Å². The number of hydrogen-bond acceptors (Lipinski definition) is 2. The van der Waals surface area contributed by atoms with Crippen molar-refractivity contribution < 1.29 is 17.9 Å². The zero-order chi connectivity index (χ0) is 10.3. The molecule has 5 heteroatoms. The van der Waals surface area contributed by atoms with Crippen LogP contribution in [0.5, 0.6) is 0 Å². The standard InChI is InChI=1S/C8H14F3NO/c1-3-4-7(2)12-5-6-13-8(9,10)11/h3,7,12H,1,4-6H2,2H3. The van der Waals surface area contributed by atoms with Gasteiger partial charge in [0.05, 0.1) is 6.61 Å². The van der Waals surface area contributed by atoms with Gasteiger partial charge in [0.1, 0.15) is 0 Å². The van der Waals surface area contributed by atoms with Gasteiger partial charge >= 0.3 is 6.36 Å². The molecule has 2 nitrogen and oxygen atoms in total. The van der Waals surface area contributed by atoms with Gasteiger partial charge in [-0.3, -0.25) is 4.74 Å². The molecule has 0 aromatic heterocycles. The molecule has 0 amide bonds. The van der Waals surface area contributed by atoms with Gasteiger partial charge in [-0.25, -0.2) is 0 Å². The Kier molecular flexibility index (Phi) is 5.73. The Labute approximate surface area is 75.8 Å². The zero-order valence-corrected chi connectivity index (χ0v) is 7.53. The Morgan fingerprint density at radius 1 is 1.54 bits per heavy atom. The highest BCUT2D eigenvalue weighted by Gasteiger charge is 2.28. The summed E-state index contributed by atoms with van der Waals surface area (Å²) in [4.78, 5) is 0. The van der Waals surface area contributed by atoms with Crippen molar-refractivity contribution in [1.82, 2.24) is 5.32 Å². The van der Waals surface area contributed by atoms with Crippen molar-refractivity contribution in [2.24, 2.45) is 0 Å². The number of ether oxygens (including phenoxy) is 1. The van der Waals surface area contributed by atoms with Crippen molar-refractivity contribution in [3.8, 4) is 0 Å². The lowest BCUT2D eigenvalue weighted by Crippen LogP contribution is -2.30. The van der Waals surface area contributed by atoms with Crippen LogP contribution in [0.2, 0.25) is 0 Å². The van der Waals surface area contributed by atoms with Crippen molar-refractivity contribution >= 4 is 0 Å². The van der Waals surface area contributed by atoms with Gasteiger partial charge in [-0.1, -0.05) is 6.08 Å². The maximum atomic E-state index is 11.5. The van der Waals surface area contributed by atoms with Gasteiger partial charge in [0.25, 0.3) is 0 Å². The molecule has 0 heterocycles. The van der Waals surface area contributed by atoms with E-state index in [0.29, 0.717) is 0 Å². The molecule has 0 aromatic rings. The van der Waals surface area contributed by atoms with E-state index in [1.54, 1.807) is 6.08 Å². The minimum absolute atomic E-state index is 0.134. The molecule has 0 saturated heterocycles. The van der Waals surface area contributed by atoms with Crippen molar-refractivity contribution in [2.45, 2.75) is 25.7 Å². The van der Waals surface area contributed by atoms with Gasteiger partial charge in [0.15, 0.2) is 0 Å². The summed E-state index contributed by atoms with van der Waals surface area (Å²) in [5.41, 5.74) is 0. The second-order valence-electron chi connectivity index (χ2n) is 2.67. The molecule has 1 N–H and O–H groups in total. The fourth-order valence-electron chi connectivity index (χ4n) is 0.805. The van der Waals surface area contributed by atoms with Gasteiger partial charge in [0.2, 0.25) is 0 Å². The molecule has 1 atom stereocenters. The lowest BCUT2D eigenvalue weighted by atomic mass is 10.2. The molecule has 0 aliphatic heterocycles. The summed E-state index contributed by atoms with van der Waals surface area (Å²) in [7, 11) is 0. The quantitative estimate of drug-likeness (QED) is 0.520. The molecule has 0 fully saturated rings. The third-order valence-electron chi connectivity index (χ3n) is 1.38. The fourth-order valence-corrected chi connectivity index (χ4v) is 0.805. The molecule has 0 saturated carbocycles. The second kappa shape index (κ2) is 5.99. The molecule has 0 rings (SSSR count). The minimum Gasteiger partial charge on any atom is -0.312 e. The minimum atomic E-state index is -4.52. The van der Waals surface area contributed by atoms with E-state index in [1.807, 2.05) is 6.92 Å². The van der Waals surface area contributed by atoms with Crippen LogP contribution < -0.4 is 5.32 Å². The molecular formula is C8H14F3NO. The maximum absolute atomic E-state index is 11.5. The van der Waals surface area contributed by atoms with Crippen molar-refractivity contribution in [1.29, 1.82) is 0 Å². The van der Waals surface area contributed by atoms with Crippen LogP contribution in [0.25, 0.3) is 0 Å². The third kappa shape index (κ3) is 9.36. The smallest absolute Gasteiger partial charge is 0.312 e. The molecular weight excluding hydrogens is 183 g/mol. The second-order valence-corrected chi connectivity index (χ2v) is 2.67. The number of halogens is 3. The predicted octanol–water partition coefficient (Wildman–Crippen LogP) is 2.08. The van der Waals surface area contributed by atoms with Gasteiger partial charge in [0, 0.05) is 12.6 Å². The highest BCUT2D eigenvalue weighted by molar-refractivity contribution is 4.74. The van der Waals surface area contributed by atoms with Crippen LogP contribution in [0.15, 0.2) is 12.7 Å². The van der Waals surface area contributed by atoms with Crippen LogP contribution in [0, 0.1) is 0 Å². The molecule has 0 aromatic carbocycles. The van der Waals surface area contributed by atoms with Crippen molar-refractivity contribution in [2.75, 3.05) is 13.2 Å². The first-order valence-electron chi connectivity index (χ1n) is 4.00. The zero-order valence-electron chi connectivity index (χ0n) is 7.53. The Morgan fingerprint density at radius 2 is 2.15 bits per heavy atom. The Bertz CT molecular complexity index is 147. The number of rotatable bonds is 6. The number of hydrogen-bond donors (Lipinski definition) is 1. The fraction of sp³-hybridized carbons (Fsp3) is 0.750. The van der Waals surface area contributed by atoms with Gasteiger partial charge in [-0.2, -0.15) is 0 Å². The summed E-state index contributed by atoms with van der Waals surface area (Å²) in [6.07, 6.45) is -2.09. The first-order chi connectivity index (χ1) is 5.95. The van der Waals surface area contributed by atoms with E-state index in [-0.39, 0.29) is 19.2 Å². The first kappa shape index (κ1) is 12.4. The van der Waals surface area contributed by atoms with E-state index < -0.39 is 6.36 Å². The molecule has 0 bridgehead atoms. The van der Waals surface area contributed by atoms with Crippen LogP contribution >= 0.6 is 0 Å². The summed E-state index contributed by atoms with van der Waals surface area (Å²) < 4.78 is 38.0. The molecule has 0 spiro atoms. The average Bonchev–Trinajstić information content (AvgIpc) is 1.97. The SMILES string of the molecule is C=CCC(C)NCCOC(F)(F)F. The van der Waals surface area contributed by atoms with E-state index in [2.05, 4.69) is 16.6 Å². The molecule has 13 heavy (non-hydrogen) atoms. The summed E-state index contributed by atoms with van der Waals surface area (Å²) in [6.45, 7) is 5.22. The Hall–Kier alpha value is -0.550. The van der Waals surface area contributed by atoms with E-state index in [0.717, 1.165) is 6.42 Å². The first-order valence-corrected chi connectivity index (χ1v) is 4.00. The van der Waals surface area contributed by atoms with Crippen LogP contribution in [0.3, 0.4) is 0 Å². The lowest BCUT2D eigenvalue weighted by molar-refractivity contribution is -0.323. The predicted molar refractivity (Wildman–Crippen MR) is 44.3 cm³/mol. The molecule has 78 valence electrons. The van der Waals surface area contributed by atoms with E-state index in [9.17, 15) is 13.2 Å². The van der Waals surface area contributed by atoms with Crippen LogP contribution in [0.1, 0.15) is 13.3 Å². The van der Waals surface area contributed by atoms with Gasteiger partial charge < -0.3 is 5.32 Å². The van der Waals surface area contributed by atoms with Crippen LogP contribution in [-0.2, 0) is 4.74 Å². The summed E-state index contributed by atoms with van der Waals surface area (Å²) in [5.74, 6) is 0. The largest absolute Gasteiger partial charge is 0.522 e. The van der Waals surface area contributed by atoms with Crippen LogP contribution in [0.4, 0.5) is 13.2 Å². The molecule has 0 radical (unpaired) electrons. The Balaban J connectivity index is 3.30. The lowest BCUT2D eigenvalue weighted by Gasteiger charge is -2.12. The van der Waals surface area contributed by atoms with E-state index in [4.69, 9.17) is 0 Å². The highest BCUT2D eigenvalue weighted by atomic mass is 19.4. The molecule has 0 aliphatic rings. The Morgan fingerprint density at radius 3 is 2.62 bits per heavy atom. The topological polar surface area (TPSA) is 21.3 Å². The normalized spacial score (nSPS) is 14.2. The average molecular weight is 197 g/mol. The van der Waals surface area contributed by atoms with Gasteiger partial charge in [-0.15, -0.1) is 19.8 Å². The van der Waals surface area contributed by atoms with Gasteiger partial charge in [-0.05, 0) is 13.3 Å².